The summed E-state index contributed by atoms with van der Waals surface area (Å²) in [5.74, 6) is 2.57. The van der Waals surface area contributed by atoms with Crippen LogP contribution < -0.4 is 0 Å². The van der Waals surface area contributed by atoms with Gasteiger partial charge in [-0.05, 0) is 79.4 Å². The number of hydrogen-bond donors (Lipinski definition) is 2. The van der Waals surface area contributed by atoms with E-state index in [1.165, 1.54) is 12.0 Å². The molecule has 3 fully saturated rings. The lowest BCUT2D eigenvalue weighted by Gasteiger charge is -2.58. The van der Waals surface area contributed by atoms with E-state index >= 15 is 0 Å². The Bertz CT molecular complexity index is 817. The smallest absolute Gasteiger partial charge is 0.143 e. The van der Waals surface area contributed by atoms with Crippen LogP contribution in [0.2, 0.25) is 0 Å². The lowest BCUT2D eigenvalue weighted by Crippen LogP contribution is -2.51. The normalized spacial score (nSPS) is 50.6. The predicted molar refractivity (Wildman–Crippen MR) is 123 cm³/mol. The molecular weight excluding hydrogens is 386 g/mol. The monoisotopic (exact) mass is 427 g/mol. The maximum absolute atomic E-state index is 12.4. The van der Waals surface area contributed by atoms with Crippen molar-refractivity contribution >= 4 is 11.5 Å². The fraction of sp³-hybridized carbons (Fsp3) is 0.852. The molecule has 172 valence electrons. The molecule has 5 aliphatic rings. The number of hydrogen-bond acceptors (Lipinski definition) is 4. The number of fused-ring (bicyclic) bond motifs is 5. The fourth-order valence-electron chi connectivity index (χ4n) is 8.87. The van der Waals surface area contributed by atoms with Crippen LogP contribution in [0.5, 0.6) is 0 Å². The van der Waals surface area contributed by atoms with E-state index in [2.05, 4.69) is 26.8 Å². The van der Waals surface area contributed by atoms with Gasteiger partial charge in [0.1, 0.15) is 5.78 Å². The number of aliphatic imine (C=N–C) groups is 1. The third-order valence-electron chi connectivity index (χ3n) is 10.7. The zero-order valence-corrected chi connectivity index (χ0v) is 19.8. The molecule has 4 nitrogen and oxygen atoms in total. The van der Waals surface area contributed by atoms with Gasteiger partial charge in [0, 0.05) is 30.5 Å². The summed E-state index contributed by atoms with van der Waals surface area (Å²) in [7, 11) is 0. The Morgan fingerprint density at radius 3 is 2.68 bits per heavy atom. The van der Waals surface area contributed by atoms with E-state index < -0.39 is 0 Å². The molecule has 0 aromatic heterocycles. The highest BCUT2D eigenvalue weighted by atomic mass is 16.3. The zero-order chi connectivity index (χ0) is 22.1. The van der Waals surface area contributed by atoms with E-state index in [0.717, 1.165) is 44.2 Å². The highest BCUT2D eigenvalue weighted by molar-refractivity contribution is 6.05. The molecule has 4 heteroatoms. The predicted octanol–water partition coefficient (Wildman–Crippen LogP) is 4.58. The molecule has 0 unspecified atom stereocenters. The summed E-state index contributed by atoms with van der Waals surface area (Å²) in [6.45, 7) is 9.71. The minimum Gasteiger partial charge on any atom is -0.393 e. The van der Waals surface area contributed by atoms with Crippen LogP contribution in [-0.4, -0.2) is 40.5 Å². The van der Waals surface area contributed by atoms with Gasteiger partial charge in [-0.3, -0.25) is 9.79 Å². The third kappa shape index (κ3) is 3.22. The number of carbonyl (C=O) groups excluding carboxylic acids is 1. The Balaban J connectivity index is 1.42. The van der Waals surface area contributed by atoms with E-state index in [0.29, 0.717) is 36.5 Å². The van der Waals surface area contributed by atoms with Crippen LogP contribution >= 0.6 is 0 Å². The first-order valence-corrected chi connectivity index (χ1v) is 12.8. The molecule has 0 amide bonds. The van der Waals surface area contributed by atoms with Crippen LogP contribution in [0.4, 0.5) is 0 Å². The highest BCUT2D eigenvalue weighted by Gasteiger charge is 2.62. The van der Waals surface area contributed by atoms with Gasteiger partial charge < -0.3 is 10.2 Å². The molecular formula is C27H41NO3. The Hall–Kier alpha value is -1.00. The summed E-state index contributed by atoms with van der Waals surface area (Å²) >= 11 is 0. The van der Waals surface area contributed by atoms with Crippen molar-refractivity contribution in [1.29, 1.82) is 0 Å². The first kappa shape index (κ1) is 21.8. The lowest BCUT2D eigenvalue weighted by atomic mass is 9.47. The summed E-state index contributed by atoms with van der Waals surface area (Å²) in [5, 5.41) is 21.6. The van der Waals surface area contributed by atoms with Crippen LogP contribution in [0.3, 0.4) is 0 Å². The van der Waals surface area contributed by atoms with Crippen molar-refractivity contribution in [2.45, 2.75) is 91.3 Å². The number of allylic oxidation sites excluding steroid dienone is 1. The molecule has 0 aromatic rings. The van der Waals surface area contributed by atoms with Gasteiger partial charge in [-0.1, -0.05) is 39.3 Å². The van der Waals surface area contributed by atoms with Crippen molar-refractivity contribution in [1.82, 2.24) is 0 Å². The van der Waals surface area contributed by atoms with Crippen molar-refractivity contribution in [3.05, 3.63) is 11.6 Å². The maximum atomic E-state index is 12.4. The first-order valence-electron chi connectivity index (χ1n) is 12.8. The molecule has 0 spiro atoms. The van der Waals surface area contributed by atoms with Gasteiger partial charge in [0.05, 0.1) is 12.2 Å². The molecule has 1 heterocycles. The van der Waals surface area contributed by atoms with Gasteiger partial charge in [-0.2, -0.15) is 0 Å². The molecule has 0 radical (unpaired) electrons. The van der Waals surface area contributed by atoms with Crippen LogP contribution in [0.1, 0.15) is 79.1 Å². The Kier molecular flexibility index (Phi) is 5.29. The molecule has 0 bridgehead atoms. The minimum absolute atomic E-state index is 0.0428. The van der Waals surface area contributed by atoms with Gasteiger partial charge in [-0.15, -0.1) is 0 Å². The second-order valence-electron chi connectivity index (χ2n) is 12.2. The van der Waals surface area contributed by atoms with E-state index in [-0.39, 0.29) is 40.8 Å². The third-order valence-corrected chi connectivity index (χ3v) is 10.7. The van der Waals surface area contributed by atoms with E-state index in [4.69, 9.17) is 4.99 Å². The van der Waals surface area contributed by atoms with E-state index in [1.54, 1.807) is 0 Å². The summed E-state index contributed by atoms with van der Waals surface area (Å²) in [6.07, 6.45) is 9.74. The van der Waals surface area contributed by atoms with Crippen LogP contribution in [0.15, 0.2) is 16.6 Å². The van der Waals surface area contributed by atoms with E-state index in [9.17, 15) is 15.0 Å². The number of Topliss-reactive ketones (excluding diaryl/α,β-unsaturated/α-hetero) is 1. The molecule has 31 heavy (non-hydrogen) atoms. The van der Waals surface area contributed by atoms with Crippen LogP contribution in [0, 0.1) is 46.3 Å². The Morgan fingerprint density at radius 1 is 1.16 bits per heavy atom. The lowest BCUT2D eigenvalue weighted by molar-refractivity contribution is -0.121. The highest BCUT2D eigenvalue weighted by Crippen LogP contribution is 2.67. The van der Waals surface area contributed by atoms with Gasteiger partial charge in [0.2, 0.25) is 0 Å². The molecule has 2 N–H and O–H groups in total. The topological polar surface area (TPSA) is 69.9 Å². The summed E-state index contributed by atoms with van der Waals surface area (Å²) < 4.78 is 0. The average molecular weight is 428 g/mol. The number of aliphatic hydroxyl groups excluding tert-OH is 2. The molecule has 3 saturated carbocycles. The second-order valence-corrected chi connectivity index (χ2v) is 12.2. The van der Waals surface area contributed by atoms with Crippen molar-refractivity contribution in [2.24, 2.45) is 51.3 Å². The fourth-order valence-corrected chi connectivity index (χ4v) is 8.87. The van der Waals surface area contributed by atoms with Crippen molar-refractivity contribution < 1.29 is 15.0 Å². The van der Waals surface area contributed by atoms with E-state index in [1.807, 2.05) is 6.92 Å². The van der Waals surface area contributed by atoms with Gasteiger partial charge in [0.15, 0.2) is 0 Å². The van der Waals surface area contributed by atoms with Crippen molar-refractivity contribution in [3.63, 3.8) is 0 Å². The summed E-state index contributed by atoms with van der Waals surface area (Å²) in [4.78, 5) is 17.2. The Morgan fingerprint density at radius 2 is 1.94 bits per heavy atom. The maximum Gasteiger partial charge on any atom is 0.143 e. The molecule has 4 aliphatic carbocycles. The average Bonchev–Trinajstić information content (AvgIpc) is 3.00. The van der Waals surface area contributed by atoms with Crippen LogP contribution in [-0.2, 0) is 4.79 Å². The number of nitrogens with zero attached hydrogens (tertiary/aromatic N) is 1. The van der Waals surface area contributed by atoms with Crippen LogP contribution in [0.25, 0.3) is 0 Å². The SMILES string of the molecule is C[C@H](C1=NC[C@H](C)C(=O)C1)[C@H]1[C@H](O)C[C@H]2[C@@H]3CC=C4C[C@@H](O)CC[C@]4(C)[C@H]3CC[C@]12C. The summed E-state index contributed by atoms with van der Waals surface area (Å²) in [6, 6.07) is 0. The molecule has 5 rings (SSSR count). The standard InChI is InChI=1S/C27H41NO3/c1-15-14-28-22(13-23(15)30)16(2)25-24(31)12-21-19-6-5-17-11-18(29)7-9-26(17,3)20(19)8-10-27(21,25)4/h5,15-16,18-21,24-25,29,31H,6-14H2,1-4H3/t15-,16+,18-,19+,20-,21-,24+,25-,26-,27-/m0/s1. The quantitative estimate of drug-likeness (QED) is 0.634. The Labute approximate surface area is 187 Å². The largest absolute Gasteiger partial charge is 0.393 e. The molecule has 10 atom stereocenters. The minimum atomic E-state index is -0.299. The number of carbonyl (C=O) groups is 1. The molecule has 0 aromatic carbocycles. The summed E-state index contributed by atoms with van der Waals surface area (Å²) in [5.41, 5.74) is 2.89. The number of aliphatic hydroxyl groups is 2. The van der Waals surface area contributed by atoms with Gasteiger partial charge >= 0.3 is 0 Å². The second kappa shape index (κ2) is 7.52. The molecule has 0 saturated heterocycles. The van der Waals surface area contributed by atoms with Gasteiger partial charge in [-0.25, -0.2) is 0 Å². The van der Waals surface area contributed by atoms with Gasteiger partial charge in [0.25, 0.3) is 0 Å². The molecule has 1 aliphatic heterocycles. The van der Waals surface area contributed by atoms with Crippen molar-refractivity contribution in [3.8, 4) is 0 Å². The number of ketones is 1. The zero-order valence-electron chi connectivity index (χ0n) is 19.8. The van der Waals surface area contributed by atoms with Crippen molar-refractivity contribution in [2.75, 3.05) is 6.54 Å². The first-order chi connectivity index (χ1) is 14.6. The number of rotatable bonds is 2.